The molecule has 7 nitrogen and oxygen atoms in total. The molecule has 0 spiro atoms. The van der Waals surface area contributed by atoms with Crippen LogP contribution in [0.4, 0.5) is 5.69 Å². The van der Waals surface area contributed by atoms with Crippen LogP contribution in [0.2, 0.25) is 0 Å². The Hall–Kier alpha value is -3.78. The van der Waals surface area contributed by atoms with Crippen LogP contribution in [-0.4, -0.2) is 40.6 Å². The molecule has 0 atom stereocenters. The molecule has 0 aliphatic heterocycles. The molecule has 0 fully saturated rings. The van der Waals surface area contributed by atoms with Crippen LogP contribution in [0.5, 0.6) is 11.5 Å². The number of thioether (sulfide) groups is 1. The minimum atomic E-state index is -0.167. The van der Waals surface area contributed by atoms with Gasteiger partial charge in [0.2, 0.25) is 11.1 Å². The van der Waals surface area contributed by atoms with E-state index in [1.165, 1.54) is 11.8 Å². The fourth-order valence-corrected chi connectivity index (χ4v) is 3.74. The van der Waals surface area contributed by atoms with Gasteiger partial charge in [-0.2, -0.15) is 0 Å². The maximum absolute atomic E-state index is 12.5. The van der Waals surface area contributed by atoms with E-state index in [1.54, 1.807) is 37.1 Å². The minimum absolute atomic E-state index is 0.167. The van der Waals surface area contributed by atoms with Crippen LogP contribution in [0.3, 0.4) is 0 Å². The Morgan fingerprint density at radius 1 is 0.938 bits per heavy atom. The highest BCUT2D eigenvalue weighted by Crippen LogP contribution is 2.30. The molecule has 0 radical (unpaired) electrons. The second-order valence-corrected chi connectivity index (χ2v) is 7.68. The summed E-state index contributed by atoms with van der Waals surface area (Å²) in [5.74, 6) is 1.87. The van der Waals surface area contributed by atoms with Crippen molar-refractivity contribution in [2.24, 2.45) is 0 Å². The smallest absolute Gasteiger partial charge is 0.234 e. The Kier molecular flexibility index (Phi) is 6.72. The van der Waals surface area contributed by atoms with Gasteiger partial charge < -0.3 is 14.8 Å². The van der Waals surface area contributed by atoms with E-state index in [2.05, 4.69) is 15.4 Å². The van der Waals surface area contributed by atoms with E-state index >= 15 is 0 Å². The standard InChI is InChI=1S/C24H22N4O3S/c1-30-20-14-13-18(15-21(20)31-2)25-22(29)16-32-24-26-23(17-9-5-3-6-10-17)28(27-24)19-11-7-4-8-12-19/h3-15H,16H2,1-2H3,(H,25,29). The zero-order chi connectivity index (χ0) is 22.3. The molecule has 4 aromatic rings. The summed E-state index contributed by atoms with van der Waals surface area (Å²) in [4.78, 5) is 17.2. The third kappa shape index (κ3) is 4.92. The molecule has 1 heterocycles. The van der Waals surface area contributed by atoms with E-state index in [4.69, 9.17) is 9.47 Å². The number of aromatic nitrogens is 3. The molecular weight excluding hydrogens is 424 g/mol. The number of anilines is 1. The SMILES string of the molecule is COc1ccc(NC(=O)CSc2nc(-c3ccccc3)n(-c3ccccc3)n2)cc1OC. The van der Waals surface area contributed by atoms with Gasteiger partial charge in [-0.15, -0.1) is 5.10 Å². The molecule has 162 valence electrons. The number of benzene rings is 3. The molecule has 1 amide bonds. The number of carbonyl (C=O) groups excluding carboxylic acids is 1. The summed E-state index contributed by atoms with van der Waals surface area (Å²) in [6.45, 7) is 0. The Labute approximate surface area is 190 Å². The van der Waals surface area contributed by atoms with Crippen LogP contribution in [-0.2, 0) is 4.79 Å². The topological polar surface area (TPSA) is 78.3 Å². The molecule has 0 bridgehead atoms. The molecule has 0 saturated carbocycles. The third-order valence-corrected chi connectivity index (χ3v) is 5.46. The number of para-hydroxylation sites is 1. The monoisotopic (exact) mass is 446 g/mol. The molecule has 0 aliphatic carbocycles. The molecule has 3 aromatic carbocycles. The maximum Gasteiger partial charge on any atom is 0.234 e. The highest BCUT2D eigenvalue weighted by molar-refractivity contribution is 7.99. The second-order valence-electron chi connectivity index (χ2n) is 6.74. The molecule has 0 saturated heterocycles. The van der Waals surface area contributed by atoms with Crippen molar-refractivity contribution in [1.29, 1.82) is 0 Å². The quantitative estimate of drug-likeness (QED) is 0.396. The Morgan fingerprint density at radius 3 is 2.31 bits per heavy atom. The molecule has 4 rings (SSSR count). The first-order chi connectivity index (χ1) is 15.7. The number of rotatable bonds is 8. The van der Waals surface area contributed by atoms with Crippen molar-refractivity contribution in [1.82, 2.24) is 14.8 Å². The summed E-state index contributed by atoms with van der Waals surface area (Å²) >= 11 is 1.28. The van der Waals surface area contributed by atoms with Gasteiger partial charge in [-0.3, -0.25) is 4.79 Å². The Balaban J connectivity index is 1.50. The largest absolute Gasteiger partial charge is 0.493 e. The van der Waals surface area contributed by atoms with E-state index in [9.17, 15) is 4.79 Å². The summed E-state index contributed by atoms with van der Waals surface area (Å²) in [6.07, 6.45) is 0. The summed E-state index contributed by atoms with van der Waals surface area (Å²) < 4.78 is 12.3. The maximum atomic E-state index is 12.5. The Morgan fingerprint density at radius 2 is 1.62 bits per heavy atom. The molecule has 32 heavy (non-hydrogen) atoms. The van der Waals surface area contributed by atoms with Gasteiger partial charge >= 0.3 is 0 Å². The van der Waals surface area contributed by atoms with Crippen LogP contribution in [0.1, 0.15) is 0 Å². The van der Waals surface area contributed by atoms with Crippen LogP contribution in [0.15, 0.2) is 84.0 Å². The zero-order valence-corrected chi connectivity index (χ0v) is 18.5. The van der Waals surface area contributed by atoms with E-state index in [-0.39, 0.29) is 11.7 Å². The van der Waals surface area contributed by atoms with Crippen molar-refractivity contribution in [3.63, 3.8) is 0 Å². The highest BCUT2D eigenvalue weighted by atomic mass is 32.2. The summed E-state index contributed by atoms with van der Waals surface area (Å²) in [7, 11) is 3.12. The van der Waals surface area contributed by atoms with E-state index in [0.29, 0.717) is 22.3 Å². The fourth-order valence-electron chi connectivity index (χ4n) is 3.12. The fraction of sp³-hybridized carbons (Fsp3) is 0.125. The van der Waals surface area contributed by atoms with Gasteiger partial charge in [0.1, 0.15) is 0 Å². The molecule has 1 aromatic heterocycles. The van der Waals surface area contributed by atoms with E-state index in [0.717, 1.165) is 17.1 Å². The first kappa shape index (κ1) is 21.5. The first-order valence-electron chi connectivity index (χ1n) is 9.90. The Bertz CT molecular complexity index is 1140. The summed E-state index contributed by atoms with van der Waals surface area (Å²) in [6, 6.07) is 24.9. The molecule has 8 heteroatoms. The van der Waals surface area contributed by atoms with Crippen molar-refractivity contribution in [2.75, 3.05) is 25.3 Å². The highest BCUT2D eigenvalue weighted by Gasteiger charge is 2.15. The van der Waals surface area contributed by atoms with Crippen LogP contribution >= 0.6 is 11.8 Å². The molecular formula is C24H22N4O3S. The van der Waals surface area contributed by atoms with Crippen molar-refractivity contribution in [3.8, 4) is 28.6 Å². The first-order valence-corrected chi connectivity index (χ1v) is 10.9. The molecule has 1 N–H and O–H groups in total. The van der Waals surface area contributed by atoms with Crippen molar-refractivity contribution >= 4 is 23.4 Å². The number of methoxy groups -OCH3 is 2. The van der Waals surface area contributed by atoms with Crippen molar-refractivity contribution < 1.29 is 14.3 Å². The lowest BCUT2D eigenvalue weighted by atomic mass is 10.2. The van der Waals surface area contributed by atoms with Gasteiger partial charge in [0, 0.05) is 17.3 Å². The van der Waals surface area contributed by atoms with Gasteiger partial charge in [-0.05, 0) is 24.3 Å². The van der Waals surface area contributed by atoms with Gasteiger partial charge in [-0.1, -0.05) is 60.3 Å². The second kappa shape index (κ2) is 10.0. The summed E-state index contributed by atoms with van der Waals surface area (Å²) in [5.41, 5.74) is 2.48. The third-order valence-electron chi connectivity index (χ3n) is 4.62. The number of hydrogen-bond donors (Lipinski definition) is 1. The zero-order valence-electron chi connectivity index (χ0n) is 17.7. The van der Waals surface area contributed by atoms with Crippen LogP contribution < -0.4 is 14.8 Å². The number of amides is 1. The normalized spacial score (nSPS) is 10.6. The average Bonchev–Trinajstić information content (AvgIpc) is 3.28. The van der Waals surface area contributed by atoms with Gasteiger partial charge in [-0.25, -0.2) is 9.67 Å². The predicted octanol–water partition coefficient (Wildman–Crippen LogP) is 4.68. The lowest BCUT2D eigenvalue weighted by Gasteiger charge is -2.10. The van der Waals surface area contributed by atoms with Gasteiger partial charge in [0.25, 0.3) is 0 Å². The number of ether oxygens (including phenoxy) is 2. The van der Waals surface area contributed by atoms with Crippen molar-refractivity contribution in [2.45, 2.75) is 5.16 Å². The predicted molar refractivity (Wildman–Crippen MR) is 126 cm³/mol. The average molecular weight is 447 g/mol. The van der Waals surface area contributed by atoms with E-state index in [1.807, 2.05) is 60.7 Å². The van der Waals surface area contributed by atoms with E-state index < -0.39 is 0 Å². The molecule has 0 unspecified atom stereocenters. The van der Waals surface area contributed by atoms with Crippen LogP contribution in [0, 0.1) is 0 Å². The number of nitrogens with one attached hydrogen (secondary N) is 1. The number of nitrogens with zero attached hydrogens (tertiary/aromatic N) is 3. The lowest BCUT2D eigenvalue weighted by Crippen LogP contribution is -2.14. The van der Waals surface area contributed by atoms with Crippen LogP contribution in [0.25, 0.3) is 17.1 Å². The molecule has 0 aliphatic rings. The van der Waals surface area contributed by atoms with Gasteiger partial charge in [0.15, 0.2) is 17.3 Å². The number of hydrogen-bond acceptors (Lipinski definition) is 6. The van der Waals surface area contributed by atoms with Gasteiger partial charge in [0.05, 0.1) is 25.7 Å². The lowest BCUT2D eigenvalue weighted by molar-refractivity contribution is -0.113. The summed E-state index contributed by atoms with van der Waals surface area (Å²) in [5, 5.41) is 8.03. The minimum Gasteiger partial charge on any atom is -0.493 e. The van der Waals surface area contributed by atoms with Crippen molar-refractivity contribution in [3.05, 3.63) is 78.9 Å². The number of carbonyl (C=O) groups is 1.